The lowest BCUT2D eigenvalue weighted by Crippen LogP contribution is -2.57. The first-order chi connectivity index (χ1) is 9.13. The summed E-state index contributed by atoms with van der Waals surface area (Å²) in [7, 11) is 0. The summed E-state index contributed by atoms with van der Waals surface area (Å²) in [6.07, 6.45) is 2.98. The summed E-state index contributed by atoms with van der Waals surface area (Å²) in [5.41, 5.74) is 6.03. The summed E-state index contributed by atoms with van der Waals surface area (Å²) < 4.78 is 5.68. The Morgan fingerprint density at radius 3 is 2.89 bits per heavy atom. The maximum atomic E-state index is 12.6. The maximum absolute atomic E-state index is 12.6. The van der Waals surface area contributed by atoms with Crippen molar-refractivity contribution in [2.24, 2.45) is 5.73 Å². The fourth-order valence-corrected chi connectivity index (χ4v) is 3.10. The van der Waals surface area contributed by atoms with Gasteiger partial charge in [0.05, 0.1) is 6.61 Å². The van der Waals surface area contributed by atoms with E-state index in [1.165, 1.54) is 6.42 Å². The van der Waals surface area contributed by atoms with Gasteiger partial charge in [-0.05, 0) is 32.7 Å². The number of carbonyl (C=O) groups excluding carboxylic acids is 1. The zero-order chi connectivity index (χ0) is 13.8. The first kappa shape index (κ1) is 14.8. The average Bonchev–Trinajstić information content (AvgIpc) is 2.46. The highest BCUT2D eigenvalue weighted by molar-refractivity contribution is 5.81. The van der Waals surface area contributed by atoms with Crippen molar-refractivity contribution in [1.82, 2.24) is 9.80 Å². The van der Waals surface area contributed by atoms with Gasteiger partial charge < -0.3 is 15.4 Å². The minimum absolute atomic E-state index is 0.0371. The molecular weight excluding hydrogens is 242 g/mol. The summed E-state index contributed by atoms with van der Waals surface area (Å²) in [6.45, 7) is 8.23. The second-order valence-corrected chi connectivity index (χ2v) is 5.71. The third-order valence-electron chi connectivity index (χ3n) is 4.31. The van der Waals surface area contributed by atoms with Crippen LogP contribution < -0.4 is 5.73 Å². The number of ether oxygens (including phenoxy) is 1. The number of piperidine rings is 1. The number of nitrogens with two attached hydrogens (primary N) is 1. The predicted octanol–water partition coefficient (Wildman–Crippen LogP) is 0.435. The van der Waals surface area contributed by atoms with Crippen LogP contribution in [0.4, 0.5) is 0 Å². The molecule has 3 unspecified atom stereocenters. The van der Waals surface area contributed by atoms with Crippen molar-refractivity contribution in [3.63, 3.8) is 0 Å². The fraction of sp³-hybridized carbons (Fsp3) is 0.929. The first-order valence-corrected chi connectivity index (χ1v) is 7.53. The molecular formula is C14H27N3O2. The van der Waals surface area contributed by atoms with Crippen molar-refractivity contribution >= 4 is 5.91 Å². The van der Waals surface area contributed by atoms with E-state index in [1.807, 2.05) is 11.8 Å². The quantitative estimate of drug-likeness (QED) is 0.807. The van der Waals surface area contributed by atoms with E-state index in [9.17, 15) is 4.79 Å². The van der Waals surface area contributed by atoms with Gasteiger partial charge in [-0.25, -0.2) is 0 Å². The van der Waals surface area contributed by atoms with Crippen LogP contribution >= 0.6 is 0 Å². The van der Waals surface area contributed by atoms with Crippen molar-refractivity contribution in [3.8, 4) is 0 Å². The average molecular weight is 269 g/mol. The number of amides is 1. The monoisotopic (exact) mass is 269 g/mol. The highest BCUT2D eigenvalue weighted by atomic mass is 16.5. The number of likely N-dealkylation sites (N-methyl/N-ethyl adjacent to an activating group) is 1. The highest BCUT2D eigenvalue weighted by Crippen LogP contribution is 2.21. The van der Waals surface area contributed by atoms with Gasteiger partial charge >= 0.3 is 0 Å². The predicted molar refractivity (Wildman–Crippen MR) is 74.9 cm³/mol. The Labute approximate surface area is 116 Å². The topological polar surface area (TPSA) is 58.8 Å². The van der Waals surface area contributed by atoms with E-state index in [0.29, 0.717) is 6.61 Å². The Hall–Kier alpha value is -0.650. The highest BCUT2D eigenvalue weighted by Gasteiger charge is 2.35. The van der Waals surface area contributed by atoms with Gasteiger partial charge in [0.25, 0.3) is 5.91 Å². The van der Waals surface area contributed by atoms with E-state index in [0.717, 1.165) is 39.0 Å². The zero-order valence-electron chi connectivity index (χ0n) is 12.2. The largest absolute Gasteiger partial charge is 0.366 e. The molecule has 0 aromatic rings. The van der Waals surface area contributed by atoms with Crippen LogP contribution in [-0.2, 0) is 9.53 Å². The van der Waals surface area contributed by atoms with Crippen LogP contribution in [0.25, 0.3) is 0 Å². The minimum Gasteiger partial charge on any atom is -0.366 e. The number of likely N-dealkylation sites (tertiary alicyclic amines) is 1. The van der Waals surface area contributed by atoms with E-state index in [2.05, 4.69) is 11.8 Å². The molecule has 2 aliphatic rings. The Morgan fingerprint density at radius 1 is 1.42 bits per heavy atom. The molecule has 1 amide bonds. The molecule has 5 nitrogen and oxygen atoms in total. The van der Waals surface area contributed by atoms with E-state index in [-0.39, 0.29) is 24.1 Å². The molecule has 2 saturated heterocycles. The molecule has 0 aliphatic carbocycles. The second-order valence-electron chi connectivity index (χ2n) is 5.71. The molecule has 0 saturated carbocycles. The third-order valence-corrected chi connectivity index (χ3v) is 4.31. The van der Waals surface area contributed by atoms with E-state index < -0.39 is 0 Å². The normalized spacial score (nSPS) is 31.2. The summed E-state index contributed by atoms with van der Waals surface area (Å²) in [5, 5.41) is 0. The van der Waals surface area contributed by atoms with Crippen LogP contribution in [0.3, 0.4) is 0 Å². The molecule has 0 aromatic carbocycles. The molecule has 5 heteroatoms. The number of hydrogen-bond donors (Lipinski definition) is 1. The van der Waals surface area contributed by atoms with E-state index in [1.54, 1.807) is 0 Å². The molecule has 3 atom stereocenters. The standard InChI is InChI=1S/C14H27N3O2/c1-3-16-8-9-19-13(10-16)14(18)17-7-5-4-6-12(17)11(2)15/h11-13H,3-10,15H2,1-2H3. The smallest absolute Gasteiger partial charge is 0.253 e. The van der Waals surface area contributed by atoms with Gasteiger partial charge in [-0.1, -0.05) is 6.92 Å². The van der Waals surface area contributed by atoms with Crippen LogP contribution in [0.2, 0.25) is 0 Å². The lowest BCUT2D eigenvalue weighted by Gasteiger charge is -2.41. The molecule has 2 rings (SSSR count). The van der Waals surface area contributed by atoms with Gasteiger partial charge in [0.1, 0.15) is 6.10 Å². The van der Waals surface area contributed by atoms with Gasteiger partial charge in [0.2, 0.25) is 0 Å². The summed E-state index contributed by atoms with van der Waals surface area (Å²) in [5.74, 6) is 0.139. The lowest BCUT2D eigenvalue weighted by atomic mass is 9.96. The number of morpholine rings is 1. The molecule has 0 bridgehead atoms. The molecule has 2 N–H and O–H groups in total. The Bertz CT molecular complexity index is 309. The van der Waals surface area contributed by atoms with Crippen LogP contribution in [0.1, 0.15) is 33.1 Å². The van der Waals surface area contributed by atoms with Gasteiger partial charge in [0, 0.05) is 31.7 Å². The summed E-state index contributed by atoms with van der Waals surface area (Å²) in [4.78, 5) is 16.9. The molecule has 110 valence electrons. The van der Waals surface area contributed by atoms with Crippen LogP contribution in [0.5, 0.6) is 0 Å². The van der Waals surface area contributed by atoms with Gasteiger partial charge in [-0.15, -0.1) is 0 Å². The van der Waals surface area contributed by atoms with Crippen molar-refractivity contribution in [1.29, 1.82) is 0 Å². The SMILES string of the molecule is CCN1CCOC(C(=O)N2CCCCC2C(C)N)C1. The van der Waals surface area contributed by atoms with Crippen LogP contribution in [-0.4, -0.2) is 66.7 Å². The maximum Gasteiger partial charge on any atom is 0.253 e. The Morgan fingerprint density at radius 2 is 2.21 bits per heavy atom. The molecule has 2 aliphatic heterocycles. The Balaban J connectivity index is 2.00. The summed E-state index contributed by atoms with van der Waals surface area (Å²) in [6, 6.07) is 0.219. The van der Waals surface area contributed by atoms with Crippen molar-refractivity contribution < 1.29 is 9.53 Å². The molecule has 0 radical (unpaired) electrons. The number of carbonyl (C=O) groups is 1. The van der Waals surface area contributed by atoms with Gasteiger partial charge in [0.15, 0.2) is 0 Å². The molecule has 0 spiro atoms. The van der Waals surface area contributed by atoms with Crippen molar-refractivity contribution in [2.45, 2.75) is 51.3 Å². The summed E-state index contributed by atoms with van der Waals surface area (Å²) >= 11 is 0. The van der Waals surface area contributed by atoms with Crippen LogP contribution in [0.15, 0.2) is 0 Å². The van der Waals surface area contributed by atoms with Crippen molar-refractivity contribution in [2.75, 3.05) is 32.8 Å². The van der Waals surface area contributed by atoms with Gasteiger partial charge in [-0.2, -0.15) is 0 Å². The molecule has 2 fully saturated rings. The van der Waals surface area contributed by atoms with Crippen molar-refractivity contribution in [3.05, 3.63) is 0 Å². The minimum atomic E-state index is -0.298. The van der Waals surface area contributed by atoms with Crippen LogP contribution in [0, 0.1) is 0 Å². The molecule has 2 heterocycles. The second kappa shape index (κ2) is 6.68. The molecule has 0 aromatic heterocycles. The van der Waals surface area contributed by atoms with E-state index in [4.69, 9.17) is 10.5 Å². The zero-order valence-corrected chi connectivity index (χ0v) is 12.2. The molecule has 19 heavy (non-hydrogen) atoms. The first-order valence-electron chi connectivity index (χ1n) is 7.53. The van der Waals surface area contributed by atoms with Gasteiger partial charge in [-0.3, -0.25) is 9.69 Å². The Kier molecular flexibility index (Phi) is 5.19. The lowest BCUT2D eigenvalue weighted by molar-refractivity contribution is -0.153. The number of rotatable bonds is 3. The number of nitrogens with zero attached hydrogens (tertiary/aromatic N) is 2. The third kappa shape index (κ3) is 3.46. The number of hydrogen-bond acceptors (Lipinski definition) is 4. The fourth-order valence-electron chi connectivity index (χ4n) is 3.10. The van der Waals surface area contributed by atoms with E-state index >= 15 is 0 Å².